The monoisotopic (exact) mass is 409 g/mol. The van der Waals surface area contributed by atoms with Gasteiger partial charge in [-0.15, -0.1) is 0 Å². The Kier molecular flexibility index (Phi) is 6.39. The van der Waals surface area contributed by atoms with Crippen LogP contribution in [0.1, 0.15) is 47.3 Å². The van der Waals surface area contributed by atoms with E-state index in [4.69, 9.17) is 0 Å². The van der Waals surface area contributed by atoms with Gasteiger partial charge in [0.15, 0.2) is 0 Å². The van der Waals surface area contributed by atoms with Gasteiger partial charge in [-0.3, -0.25) is 9.59 Å². The van der Waals surface area contributed by atoms with Crippen LogP contribution in [0.15, 0.2) is 72.9 Å². The zero-order chi connectivity index (χ0) is 21.5. The number of carbonyl (C=O) groups excluding carboxylic acids is 2. The van der Waals surface area contributed by atoms with E-state index in [2.05, 4.69) is 27.5 Å². The van der Waals surface area contributed by atoms with Gasteiger partial charge in [-0.1, -0.05) is 30.9 Å². The van der Waals surface area contributed by atoms with E-state index in [0.29, 0.717) is 16.9 Å². The molecule has 31 heavy (non-hydrogen) atoms. The van der Waals surface area contributed by atoms with Crippen molar-refractivity contribution in [3.05, 3.63) is 89.7 Å². The first-order chi connectivity index (χ1) is 15.2. The Morgan fingerprint density at radius 2 is 1.58 bits per heavy atom. The van der Waals surface area contributed by atoms with Gasteiger partial charge >= 0.3 is 0 Å². The topological polar surface area (TPSA) is 71.1 Å². The molecule has 1 saturated carbocycles. The summed E-state index contributed by atoms with van der Waals surface area (Å²) in [5, 5.41) is 5.84. The molecule has 1 heterocycles. The van der Waals surface area contributed by atoms with Gasteiger partial charge in [0.05, 0.1) is 0 Å². The van der Waals surface area contributed by atoms with Crippen molar-refractivity contribution < 1.29 is 9.59 Å². The van der Waals surface area contributed by atoms with Gasteiger partial charge in [-0.2, -0.15) is 0 Å². The summed E-state index contributed by atoms with van der Waals surface area (Å²) >= 11 is 0. The molecule has 4 rings (SSSR count). The number of benzene rings is 2. The zero-order valence-electron chi connectivity index (χ0n) is 17.1. The summed E-state index contributed by atoms with van der Waals surface area (Å²) in [5.41, 5.74) is 3.34. The lowest BCUT2D eigenvalue weighted by atomic mass is 10.1. The minimum Gasteiger partial charge on any atom is -0.326 e. The minimum absolute atomic E-state index is 0.0814. The van der Waals surface area contributed by atoms with Crippen LogP contribution < -0.4 is 10.6 Å². The van der Waals surface area contributed by atoms with E-state index in [1.165, 1.54) is 0 Å². The fourth-order valence-electron chi connectivity index (χ4n) is 3.58. The fourth-order valence-corrected chi connectivity index (χ4v) is 3.58. The first kappa shape index (κ1) is 20.4. The standard InChI is InChI=1S/C26H23N3O2/c30-25(20-7-1-2-8-20)28-23-13-15-24(16-14-23)29-26(31)21-9-5-6-19(18-21)11-12-22-10-3-4-17-27-22/h3-6,9-10,13-18,20H,1-2,7-8H2,(H,28,30)(H,29,31). The molecular weight excluding hydrogens is 386 g/mol. The van der Waals surface area contributed by atoms with Crippen molar-refractivity contribution in [2.75, 3.05) is 10.6 Å². The number of anilines is 2. The number of aromatic nitrogens is 1. The van der Waals surface area contributed by atoms with Gasteiger partial charge in [0.2, 0.25) is 5.91 Å². The smallest absolute Gasteiger partial charge is 0.255 e. The summed E-state index contributed by atoms with van der Waals surface area (Å²) in [6.45, 7) is 0. The highest BCUT2D eigenvalue weighted by atomic mass is 16.2. The average molecular weight is 409 g/mol. The van der Waals surface area contributed by atoms with E-state index >= 15 is 0 Å². The highest BCUT2D eigenvalue weighted by molar-refractivity contribution is 6.04. The van der Waals surface area contributed by atoms with Crippen molar-refractivity contribution in [2.45, 2.75) is 25.7 Å². The first-order valence-electron chi connectivity index (χ1n) is 10.4. The molecule has 1 aromatic heterocycles. The van der Waals surface area contributed by atoms with Crippen LogP contribution in [0.2, 0.25) is 0 Å². The molecule has 0 saturated heterocycles. The third-order valence-corrected chi connectivity index (χ3v) is 5.26. The van der Waals surface area contributed by atoms with E-state index < -0.39 is 0 Å². The lowest BCUT2D eigenvalue weighted by Crippen LogP contribution is -2.20. The van der Waals surface area contributed by atoms with Crippen LogP contribution in [0.3, 0.4) is 0 Å². The van der Waals surface area contributed by atoms with Crippen molar-refractivity contribution in [3.63, 3.8) is 0 Å². The van der Waals surface area contributed by atoms with Gasteiger partial charge in [0.1, 0.15) is 5.69 Å². The van der Waals surface area contributed by atoms with Crippen molar-refractivity contribution in [1.82, 2.24) is 4.98 Å². The van der Waals surface area contributed by atoms with Crippen LogP contribution in [0.5, 0.6) is 0 Å². The Morgan fingerprint density at radius 1 is 0.839 bits per heavy atom. The predicted octanol–water partition coefficient (Wildman–Crippen LogP) is 4.86. The number of hydrogen-bond acceptors (Lipinski definition) is 3. The molecule has 2 aromatic carbocycles. The van der Waals surface area contributed by atoms with E-state index in [-0.39, 0.29) is 17.7 Å². The second-order valence-corrected chi connectivity index (χ2v) is 7.55. The van der Waals surface area contributed by atoms with E-state index in [1.54, 1.807) is 48.7 Å². The highest BCUT2D eigenvalue weighted by Crippen LogP contribution is 2.26. The number of nitrogens with zero attached hydrogens (tertiary/aromatic N) is 1. The third kappa shape index (κ3) is 5.58. The number of carbonyl (C=O) groups is 2. The number of hydrogen-bond donors (Lipinski definition) is 2. The lowest BCUT2D eigenvalue weighted by molar-refractivity contribution is -0.119. The average Bonchev–Trinajstić information content (AvgIpc) is 3.35. The zero-order valence-corrected chi connectivity index (χ0v) is 17.1. The lowest BCUT2D eigenvalue weighted by Gasteiger charge is -2.11. The molecule has 0 radical (unpaired) electrons. The first-order valence-corrected chi connectivity index (χ1v) is 10.4. The summed E-state index contributed by atoms with van der Waals surface area (Å²) in [6, 6.07) is 19.9. The van der Waals surface area contributed by atoms with Crippen LogP contribution in [0.4, 0.5) is 11.4 Å². The molecule has 0 unspecified atom stereocenters. The Bertz CT molecular complexity index is 1120. The quantitative estimate of drug-likeness (QED) is 0.605. The number of pyridine rings is 1. The number of amides is 2. The van der Waals surface area contributed by atoms with Gasteiger partial charge in [-0.25, -0.2) is 4.98 Å². The third-order valence-electron chi connectivity index (χ3n) is 5.26. The van der Waals surface area contributed by atoms with Crippen molar-refractivity contribution in [3.8, 4) is 11.8 Å². The summed E-state index contributed by atoms with van der Waals surface area (Å²) in [6.07, 6.45) is 5.87. The molecule has 1 fully saturated rings. The number of nitrogens with one attached hydrogen (secondary N) is 2. The summed E-state index contributed by atoms with van der Waals surface area (Å²) in [5.74, 6) is 6.01. The number of rotatable bonds is 4. The molecule has 5 heteroatoms. The van der Waals surface area contributed by atoms with Crippen molar-refractivity contribution in [1.29, 1.82) is 0 Å². The molecule has 0 spiro atoms. The molecule has 5 nitrogen and oxygen atoms in total. The molecule has 2 amide bonds. The van der Waals surface area contributed by atoms with Crippen LogP contribution in [-0.4, -0.2) is 16.8 Å². The predicted molar refractivity (Wildman–Crippen MR) is 122 cm³/mol. The summed E-state index contributed by atoms with van der Waals surface area (Å²) < 4.78 is 0. The Labute approximate surface area is 181 Å². The van der Waals surface area contributed by atoms with Gasteiger partial charge in [0.25, 0.3) is 5.91 Å². The largest absolute Gasteiger partial charge is 0.326 e. The molecule has 2 N–H and O–H groups in total. The maximum Gasteiger partial charge on any atom is 0.255 e. The SMILES string of the molecule is O=C(Nc1ccc(NC(=O)C2CCCC2)cc1)c1cccc(C#Cc2ccccn2)c1. The molecule has 0 bridgehead atoms. The summed E-state index contributed by atoms with van der Waals surface area (Å²) in [4.78, 5) is 29.1. The molecule has 0 aliphatic heterocycles. The minimum atomic E-state index is -0.218. The Balaban J connectivity index is 1.38. The normalized spacial score (nSPS) is 13.2. The Hall–Kier alpha value is -3.91. The van der Waals surface area contributed by atoms with Gasteiger partial charge in [0, 0.05) is 34.6 Å². The molecule has 3 aromatic rings. The maximum absolute atomic E-state index is 12.6. The van der Waals surface area contributed by atoms with Crippen LogP contribution >= 0.6 is 0 Å². The van der Waals surface area contributed by atoms with Crippen LogP contribution in [0.25, 0.3) is 0 Å². The molecular formula is C26H23N3O2. The molecule has 1 aliphatic carbocycles. The fraction of sp³-hybridized carbons (Fsp3) is 0.192. The van der Waals surface area contributed by atoms with E-state index in [9.17, 15) is 9.59 Å². The van der Waals surface area contributed by atoms with Crippen molar-refractivity contribution >= 4 is 23.2 Å². The molecule has 0 atom stereocenters. The molecule has 154 valence electrons. The Morgan fingerprint density at radius 3 is 2.29 bits per heavy atom. The second-order valence-electron chi connectivity index (χ2n) is 7.55. The summed E-state index contributed by atoms with van der Waals surface area (Å²) in [7, 11) is 0. The van der Waals surface area contributed by atoms with Gasteiger partial charge in [-0.05, 0) is 73.4 Å². The van der Waals surface area contributed by atoms with Crippen LogP contribution in [0, 0.1) is 17.8 Å². The second kappa shape index (κ2) is 9.73. The molecule has 1 aliphatic rings. The van der Waals surface area contributed by atoms with Crippen molar-refractivity contribution in [2.24, 2.45) is 5.92 Å². The van der Waals surface area contributed by atoms with E-state index in [0.717, 1.165) is 36.9 Å². The maximum atomic E-state index is 12.6. The van der Waals surface area contributed by atoms with E-state index in [1.807, 2.05) is 24.3 Å². The van der Waals surface area contributed by atoms with Gasteiger partial charge < -0.3 is 10.6 Å². The van der Waals surface area contributed by atoms with Crippen LogP contribution in [-0.2, 0) is 4.79 Å². The highest BCUT2D eigenvalue weighted by Gasteiger charge is 2.22.